The van der Waals surface area contributed by atoms with Crippen LogP contribution in [0.25, 0.3) is 84.3 Å². The molecule has 3 aliphatic rings. The number of nitrogens with one attached hydrogen (secondary N) is 1. The van der Waals surface area contributed by atoms with Crippen LogP contribution >= 0.6 is 139 Å². The van der Waals surface area contributed by atoms with Gasteiger partial charge in [0, 0.05) is 120 Å². The molecule has 9 aromatic carbocycles. The Morgan fingerprint density at radius 3 is 1.38 bits per heavy atom. The fourth-order valence-corrected chi connectivity index (χ4v) is 25.6. The van der Waals surface area contributed by atoms with E-state index in [0.29, 0.717) is 38.9 Å². The minimum atomic E-state index is -3.52. The van der Waals surface area contributed by atoms with Crippen LogP contribution in [0.2, 0.25) is 0 Å². The molecule has 0 atom stereocenters. The SMILES string of the molecule is CC(C)(C)N(Sc1nc2ccccc2s1)Sc1nc2ccccc2s1.CC(C)N(Sc1nc2ccccc2s1)C(C)C.Cc1ccc(S(N)(=O)=O)cc1.Nc1nc(-c2ccccc2)ns1.Nc1snc2ccc([N+](=O)[O-])cc12.c1ccc2c(N3CCNCC3)nsc2c1.c1ccc2nsnc2c1.c1ccc2sc(SN(C3CCCCC3)C3CCCCC3)nc2c1. The average molecular weight is 1920 g/mol. The summed E-state index contributed by atoms with van der Waals surface area (Å²) in [6.45, 7) is 21.7. The zero-order valence-corrected chi connectivity index (χ0v) is 81.0. The molecule has 2 aliphatic carbocycles. The molecule has 0 amide bonds. The van der Waals surface area contributed by atoms with Gasteiger partial charge in [-0.2, -0.15) is 30.6 Å². The number of rotatable bonds is 16. The van der Waals surface area contributed by atoms with Crippen LogP contribution in [0, 0.1) is 17.0 Å². The first-order chi connectivity index (χ1) is 60.4. The Morgan fingerprint density at radius 2 is 0.936 bits per heavy atom. The Kier molecular flexibility index (Phi) is 34.7. The van der Waals surface area contributed by atoms with Gasteiger partial charge in [-0.05, 0) is 219 Å². The number of nitro groups is 1. The number of aromatic nitrogens is 10. The monoisotopic (exact) mass is 1910 g/mol. The lowest BCUT2D eigenvalue weighted by Crippen LogP contribution is -2.43. The van der Waals surface area contributed by atoms with Gasteiger partial charge >= 0.3 is 0 Å². The highest BCUT2D eigenvalue weighted by atomic mass is 32.2. The van der Waals surface area contributed by atoms with E-state index in [-0.39, 0.29) is 16.1 Å². The van der Waals surface area contributed by atoms with Crippen molar-refractivity contribution in [1.29, 1.82) is 0 Å². The molecule has 2 saturated carbocycles. The highest BCUT2D eigenvalue weighted by molar-refractivity contribution is 8.13. The largest absolute Gasteiger partial charge is 0.389 e. The minimum absolute atomic E-state index is 0.0228. The lowest BCUT2D eigenvalue weighted by molar-refractivity contribution is -0.384. The first kappa shape index (κ1) is 94.3. The molecule has 3 fully saturated rings. The molecule has 8 aromatic heterocycles. The van der Waals surface area contributed by atoms with Gasteiger partial charge in [0.25, 0.3) is 5.69 Å². The maximum Gasteiger partial charge on any atom is 0.270 e. The summed E-state index contributed by atoms with van der Waals surface area (Å²) in [6, 6.07) is 72.9. The number of aryl methyl sites for hydroxylation is 1. The lowest BCUT2D eigenvalue weighted by Gasteiger charge is -2.40. The lowest BCUT2D eigenvalue weighted by atomic mass is 9.91. The molecule has 0 bridgehead atoms. The van der Waals surface area contributed by atoms with Crippen LogP contribution in [0.3, 0.4) is 0 Å². The molecule has 17 aromatic rings. The minimum Gasteiger partial charge on any atom is -0.389 e. The summed E-state index contributed by atoms with van der Waals surface area (Å²) in [6.07, 6.45) is 14.0. The van der Waals surface area contributed by atoms with Crippen molar-refractivity contribution in [3.05, 3.63) is 234 Å². The van der Waals surface area contributed by atoms with Crippen molar-refractivity contribution in [3.8, 4) is 11.4 Å². The molecule has 125 heavy (non-hydrogen) atoms. The number of nitrogen functional groups attached to an aromatic ring is 2. The molecule has 20 rings (SSSR count). The van der Waals surface area contributed by atoms with Crippen molar-refractivity contribution >= 4 is 244 Å². The number of piperazine rings is 1. The molecule has 1 saturated heterocycles. The standard InChI is InChI=1S/C19H26N2S2.C18H17N3S4.C13H18N2S2.C11H13N3S.C8H7N3S.C7H5N3O2S.C7H9NO2S.C6H4N2S/c1-3-9-15(10-4-1)21(16-11-5-2-6-12-16)23-19-20-17-13-7-8-14-18(17)22-19;1-18(2,3)21(24-16-19-12-8-4-6-10-14(12)22-16)25-17-20-13-9-5-7-11-15(13)23-17;1-9(2)15(10(3)4)17-13-14-11-7-5-6-8-12(11)16-13;1-2-4-10-9(3-1)11(13-15-10)14-7-5-12-6-8-14;9-8-10-7(11-12-8)6-4-2-1-3-5-6;8-7-5-3-4(10(11)12)1-2-6(5)9-13-7;1-6-2-4-7(5-3-6)11(8,9)10;1-2-4-6-5(3-1)7-9-8-6/h7-8,13-16H,1-6,9-12H2;4-11H,1-3H3;5-10H,1-4H3;1-4,12H,5-8H2;1-5H,(H2,9,10,11);1-3H,8H2;2-5H,1H3,(H2,8,9,10);1-4H. The molecule has 7 N–H and O–H groups in total. The van der Waals surface area contributed by atoms with Gasteiger partial charge in [-0.15, -0.1) is 45.3 Å². The van der Waals surface area contributed by atoms with Gasteiger partial charge in [0.15, 0.2) is 28.3 Å². The third-order valence-corrected chi connectivity index (χ3v) is 33.2. The smallest absolute Gasteiger partial charge is 0.270 e. The van der Waals surface area contributed by atoms with E-state index in [4.69, 9.17) is 31.6 Å². The second kappa shape index (κ2) is 46.1. The van der Waals surface area contributed by atoms with Gasteiger partial charge in [0.1, 0.15) is 21.9 Å². The summed E-state index contributed by atoms with van der Waals surface area (Å²) in [5.41, 5.74) is 20.1. The van der Waals surface area contributed by atoms with E-state index in [9.17, 15) is 18.5 Å². The number of fused-ring (bicyclic) bond motifs is 7. The predicted molar refractivity (Wildman–Crippen MR) is 536 cm³/mol. The van der Waals surface area contributed by atoms with Crippen molar-refractivity contribution in [2.75, 3.05) is 42.5 Å². The number of nitrogens with zero attached hydrogens (tertiary/aromatic N) is 15. The van der Waals surface area contributed by atoms with Crippen LogP contribution in [-0.2, 0) is 10.0 Å². The van der Waals surface area contributed by atoms with Gasteiger partial charge in [-0.25, -0.2) is 42.1 Å². The van der Waals surface area contributed by atoms with E-state index >= 15 is 0 Å². The van der Waals surface area contributed by atoms with Crippen molar-refractivity contribution in [1.82, 2.24) is 64.4 Å². The Hall–Kier alpha value is -8.35. The van der Waals surface area contributed by atoms with Gasteiger partial charge in [0.05, 0.1) is 72.6 Å². The van der Waals surface area contributed by atoms with Gasteiger partial charge < -0.3 is 21.7 Å². The number of anilines is 3. The number of hydrogen-bond acceptors (Lipinski definition) is 33. The van der Waals surface area contributed by atoms with Crippen molar-refractivity contribution < 1.29 is 13.3 Å². The fraction of sp³-hybridized carbons (Fsp3) is 0.303. The van der Waals surface area contributed by atoms with E-state index < -0.39 is 14.9 Å². The molecule has 1 aliphatic heterocycles. The average Bonchev–Trinajstić information content (AvgIpc) is 1.63. The summed E-state index contributed by atoms with van der Waals surface area (Å²) in [5, 5.41) is 21.6. The third-order valence-electron chi connectivity index (χ3n) is 19.7. The summed E-state index contributed by atoms with van der Waals surface area (Å²) >= 11 is 19.4. The molecular weight excluding hydrogens is 1820 g/mol. The number of hydrogen-bond donors (Lipinski definition) is 4. The highest BCUT2D eigenvalue weighted by Crippen LogP contribution is 2.46. The number of thiazole rings is 4. The first-order valence-corrected chi connectivity index (χ1v) is 51.9. The highest BCUT2D eigenvalue weighted by Gasteiger charge is 2.32. The van der Waals surface area contributed by atoms with Crippen molar-refractivity contribution in [3.63, 3.8) is 0 Å². The number of non-ortho nitro benzene ring substituents is 1. The van der Waals surface area contributed by atoms with Crippen LogP contribution in [0.5, 0.6) is 0 Å². The predicted octanol–water partition coefficient (Wildman–Crippen LogP) is 25.0. The van der Waals surface area contributed by atoms with Crippen LogP contribution in [-0.4, -0.2) is 128 Å². The second-order valence-corrected chi connectivity index (χ2v) is 44.5. The molecule has 9 heterocycles. The van der Waals surface area contributed by atoms with E-state index in [1.807, 2.05) is 103 Å². The summed E-state index contributed by atoms with van der Waals surface area (Å²) in [7, 11) is -3.52. The summed E-state index contributed by atoms with van der Waals surface area (Å²) in [5.74, 6) is 1.87. The maximum absolute atomic E-state index is 10.7. The molecule has 652 valence electrons. The van der Waals surface area contributed by atoms with Gasteiger partial charge in [-0.3, -0.25) is 10.1 Å². The Morgan fingerprint density at radius 1 is 0.488 bits per heavy atom. The summed E-state index contributed by atoms with van der Waals surface area (Å²) < 4.78 is 60.5. The topological polar surface area (TPSA) is 309 Å². The van der Waals surface area contributed by atoms with Crippen LogP contribution < -0.4 is 26.8 Å². The molecule has 0 unspecified atom stereocenters. The second-order valence-electron chi connectivity index (χ2n) is 30.8. The van der Waals surface area contributed by atoms with E-state index in [2.05, 4.69) is 206 Å². The van der Waals surface area contributed by atoms with Crippen LogP contribution in [0.4, 0.5) is 21.6 Å². The van der Waals surface area contributed by atoms with Gasteiger partial charge in [0.2, 0.25) is 10.0 Å². The van der Waals surface area contributed by atoms with E-state index in [1.54, 1.807) is 99.6 Å². The number of sulfonamides is 1. The molecular formula is C89H99N19O4S13. The van der Waals surface area contributed by atoms with E-state index in [1.165, 1.54) is 145 Å². The zero-order valence-electron chi connectivity index (χ0n) is 70.4. The fourth-order valence-electron chi connectivity index (χ4n) is 13.5. The molecule has 23 nitrogen and oxygen atoms in total. The number of nitrogens with two attached hydrogens (primary N) is 3. The van der Waals surface area contributed by atoms with Crippen LogP contribution in [0.1, 0.15) is 118 Å². The number of nitro benzene ring substituents is 1. The third kappa shape index (κ3) is 27.4. The van der Waals surface area contributed by atoms with Crippen LogP contribution in [0.15, 0.2) is 241 Å². The first-order valence-electron chi connectivity index (χ1n) is 40.9. The summed E-state index contributed by atoms with van der Waals surface area (Å²) in [4.78, 5) is 35.6. The van der Waals surface area contributed by atoms with E-state index in [0.717, 1.165) is 113 Å². The maximum atomic E-state index is 10.7. The van der Waals surface area contributed by atoms with Crippen molar-refractivity contribution in [2.45, 2.75) is 172 Å². The Labute approximate surface area is 779 Å². The normalized spacial score (nSPS) is 13.9. The number of primary sulfonamides is 1. The molecule has 0 radical (unpaired) electrons. The Balaban J connectivity index is 0.000000125. The zero-order chi connectivity index (χ0) is 87.8. The van der Waals surface area contributed by atoms with Crippen molar-refractivity contribution in [2.24, 2.45) is 5.14 Å². The molecule has 0 spiro atoms. The number of para-hydroxylation sites is 4. The quantitative estimate of drug-likeness (QED) is 0.0397. The molecule has 36 heteroatoms. The Bertz CT molecular complexity index is 6090. The van der Waals surface area contributed by atoms with Gasteiger partial charge in [-0.1, -0.05) is 159 Å². The number of benzene rings is 9.